The Labute approximate surface area is 164 Å². The molecule has 0 saturated carbocycles. The van der Waals surface area contributed by atoms with Crippen LogP contribution in [0.3, 0.4) is 0 Å². The number of ether oxygens (including phenoxy) is 1. The third-order valence-corrected chi connectivity index (χ3v) is 5.28. The average Bonchev–Trinajstić information content (AvgIpc) is 2.61. The van der Waals surface area contributed by atoms with Crippen LogP contribution in [0.2, 0.25) is 0 Å². The van der Waals surface area contributed by atoms with Gasteiger partial charge in [-0.25, -0.2) is 8.70 Å². The van der Waals surface area contributed by atoms with Crippen molar-refractivity contribution in [3.05, 3.63) is 59.9 Å². The van der Waals surface area contributed by atoms with Crippen LogP contribution in [0, 0.1) is 5.82 Å². The summed E-state index contributed by atoms with van der Waals surface area (Å²) in [4.78, 5) is 0. The molecule has 0 aromatic heterocycles. The van der Waals surface area contributed by atoms with Gasteiger partial charge in [0.1, 0.15) is 18.2 Å². The highest BCUT2D eigenvalue weighted by atomic mass is 35.5. The lowest BCUT2D eigenvalue weighted by atomic mass is 10.1. The summed E-state index contributed by atoms with van der Waals surface area (Å²) >= 11 is 0. The second-order valence-corrected chi connectivity index (χ2v) is 7.46. The van der Waals surface area contributed by atoms with E-state index in [1.165, 1.54) is 12.1 Å². The Kier molecular flexibility index (Phi) is 7.43. The summed E-state index contributed by atoms with van der Waals surface area (Å²) in [6.45, 7) is 1.60. The Morgan fingerprint density at radius 3 is 2.41 bits per heavy atom. The standard InChI is InChI=1S/C18H21FN2O4S.ClH/c19-15-3-1-2-14(12-15)13-25-18-6-4-16(5-7-18)21(26(22,23)24)17-8-10-20-11-9-17;/h1-7,12,17,20H,8-11,13H2,(H,22,23,24);1H. The molecule has 1 heterocycles. The fourth-order valence-electron chi connectivity index (χ4n) is 3.06. The van der Waals surface area contributed by atoms with Gasteiger partial charge in [0.05, 0.1) is 5.69 Å². The van der Waals surface area contributed by atoms with Gasteiger partial charge in [-0.15, -0.1) is 12.4 Å². The third-order valence-electron chi connectivity index (χ3n) is 4.27. The molecule has 0 unspecified atom stereocenters. The molecule has 1 aliphatic heterocycles. The first-order valence-corrected chi connectivity index (χ1v) is 9.78. The van der Waals surface area contributed by atoms with E-state index in [2.05, 4.69) is 5.32 Å². The summed E-state index contributed by atoms with van der Waals surface area (Å²) < 4.78 is 53.2. The van der Waals surface area contributed by atoms with Gasteiger partial charge in [-0.05, 0) is 67.9 Å². The van der Waals surface area contributed by atoms with E-state index in [1.54, 1.807) is 36.4 Å². The minimum Gasteiger partial charge on any atom is -0.489 e. The Morgan fingerprint density at radius 2 is 1.81 bits per heavy atom. The van der Waals surface area contributed by atoms with Crippen LogP contribution in [0.15, 0.2) is 48.5 Å². The molecular formula is C18H22ClFN2O4S. The lowest BCUT2D eigenvalue weighted by Crippen LogP contribution is -2.46. The molecule has 148 valence electrons. The molecule has 0 amide bonds. The first-order chi connectivity index (χ1) is 12.4. The van der Waals surface area contributed by atoms with Crippen LogP contribution in [-0.2, 0) is 16.9 Å². The second-order valence-electron chi connectivity index (χ2n) is 6.17. The molecule has 1 saturated heterocycles. The molecule has 2 aromatic carbocycles. The quantitative estimate of drug-likeness (QED) is 0.707. The Balaban J connectivity index is 0.00000261. The lowest BCUT2D eigenvalue weighted by molar-refractivity contribution is 0.305. The van der Waals surface area contributed by atoms with E-state index in [0.29, 0.717) is 42.9 Å². The maximum absolute atomic E-state index is 13.2. The van der Waals surface area contributed by atoms with Crippen molar-refractivity contribution in [2.24, 2.45) is 0 Å². The van der Waals surface area contributed by atoms with Crippen LogP contribution in [0.25, 0.3) is 0 Å². The lowest BCUT2D eigenvalue weighted by Gasteiger charge is -2.33. The van der Waals surface area contributed by atoms with Crippen molar-refractivity contribution in [3.63, 3.8) is 0 Å². The van der Waals surface area contributed by atoms with E-state index in [9.17, 15) is 17.4 Å². The first kappa shape index (κ1) is 21.4. The summed E-state index contributed by atoms with van der Waals surface area (Å²) in [5.74, 6) is 0.200. The van der Waals surface area contributed by atoms with E-state index in [0.717, 1.165) is 4.31 Å². The highest BCUT2D eigenvalue weighted by Crippen LogP contribution is 2.27. The predicted molar refractivity (Wildman–Crippen MR) is 104 cm³/mol. The van der Waals surface area contributed by atoms with Gasteiger partial charge in [0.2, 0.25) is 0 Å². The molecule has 0 atom stereocenters. The molecule has 3 rings (SSSR count). The van der Waals surface area contributed by atoms with Gasteiger partial charge in [-0.1, -0.05) is 12.1 Å². The van der Waals surface area contributed by atoms with Crippen molar-refractivity contribution in [1.29, 1.82) is 0 Å². The minimum atomic E-state index is -4.37. The van der Waals surface area contributed by atoms with E-state index in [1.807, 2.05) is 0 Å². The van der Waals surface area contributed by atoms with Crippen LogP contribution in [0.5, 0.6) is 5.75 Å². The van der Waals surface area contributed by atoms with E-state index < -0.39 is 10.3 Å². The number of benzene rings is 2. The van der Waals surface area contributed by atoms with Crippen molar-refractivity contribution in [2.75, 3.05) is 17.4 Å². The fraction of sp³-hybridized carbons (Fsp3) is 0.333. The number of nitrogens with zero attached hydrogens (tertiary/aromatic N) is 1. The maximum atomic E-state index is 13.2. The zero-order valence-electron chi connectivity index (χ0n) is 14.5. The van der Waals surface area contributed by atoms with Crippen molar-refractivity contribution in [3.8, 4) is 5.75 Å². The largest absolute Gasteiger partial charge is 0.489 e. The fourth-order valence-corrected chi connectivity index (χ4v) is 4.03. The predicted octanol–water partition coefficient (Wildman–Crippen LogP) is 3.19. The molecule has 1 aliphatic rings. The average molecular weight is 417 g/mol. The Morgan fingerprint density at radius 1 is 1.15 bits per heavy atom. The summed E-state index contributed by atoms with van der Waals surface area (Å²) in [5, 5.41) is 3.17. The van der Waals surface area contributed by atoms with Gasteiger partial charge in [-0.3, -0.25) is 4.55 Å². The molecule has 27 heavy (non-hydrogen) atoms. The third kappa shape index (κ3) is 5.80. The molecule has 6 nitrogen and oxygen atoms in total. The summed E-state index contributed by atoms with van der Waals surface area (Å²) in [6, 6.07) is 12.3. The van der Waals surface area contributed by atoms with Gasteiger partial charge in [0.15, 0.2) is 0 Å². The molecule has 0 bridgehead atoms. The smallest absolute Gasteiger partial charge is 0.360 e. The SMILES string of the molecule is Cl.O=S(=O)(O)N(c1ccc(OCc2cccc(F)c2)cc1)C1CCNCC1. The number of hydrogen-bond acceptors (Lipinski definition) is 4. The van der Waals surface area contributed by atoms with Gasteiger partial charge in [0, 0.05) is 6.04 Å². The number of piperidine rings is 1. The van der Waals surface area contributed by atoms with Crippen molar-refractivity contribution < 1.29 is 22.1 Å². The Hall–Kier alpha value is -1.87. The second kappa shape index (κ2) is 9.36. The number of anilines is 1. The first-order valence-electron chi connectivity index (χ1n) is 8.38. The van der Waals surface area contributed by atoms with Gasteiger partial charge in [-0.2, -0.15) is 8.42 Å². The van der Waals surface area contributed by atoms with Crippen molar-refractivity contribution >= 4 is 28.4 Å². The van der Waals surface area contributed by atoms with Gasteiger partial charge in [0.25, 0.3) is 0 Å². The maximum Gasteiger partial charge on any atom is 0.360 e. The summed E-state index contributed by atoms with van der Waals surface area (Å²) in [5.41, 5.74) is 1.08. The number of nitrogens with one attached hydrogen (secondary N) is 1. The number of hydrogen-bond donors (Lipinski definition) is 2. The van der Waals surface area contributed by atoms with Crippen molar-refractivity contribution in [1.82, 2.24) is 5.32 Å². The molecule has 2 aromatic rings. The molecular weight excluding hydrogens is 395 g/mol. The topological polar surface area (TPSA) is 78.9 Å². The minimum absolute atomic E-state index is 0. The highest BCUT2D eigenvalue weighted by Gasteiger charge is 2.29. The summed E-state index contributed by atoms with van der Waals surface area (Å²) in [7, 11) is -4.37. The number of rotatable bonds is 6. The molecule has 2 N–H and O–H groups in total. The summed E-state index contributed by atoms with van der Waals surface area (Å²) in [6.07, 6.45) is 1.25. The molecule has 0 aliphatic carbocycles. The molecule has 0 radical (unpaired) electrons. The number of halogens is 2. The van der Waals surface area contributed by atoms with Gasteiger partial charge >= 0.3 is 10.3 Å². The van der Waals surface area contributed by atoms with Crippen molar-refractivity contribution in [2.45, 2.75) is 25.5 Å². The Bertz CT molecular complexity index is 843. The van der Waals surface area contributed by atoms with Gasteiger partial charge < -0.3 is 10.1 Å². The van der Waals surface area contributed by atoms with Crippen LogP contribution in [0.1, 0.15) is 18.4 Å². The molecule has 1 fully saturated rings. The zero-order chi connectivity index (χ0) is 18.6. The van der Waals surface area contributed by atoms with Crippen LogP contribution in [-0.4, -0.2) is 32.1 Å². The zero-order valence-corrected chi connectivity index (χ0v) is 16.2. The molecule has 0 spiro atoms. The molecule has 9 heteroatoms. The normalized spacial score (nSPS) is 15.0. The van der Waals surface area contributed by atoms with Crippen LogP contribution in [0.4, 0.5) is 10.1 Å². The van der Waals surface area contributed by atoms with Crippen LogP contribution < -0.4 is 14.4 Å². The van der Waals surface area contributed by atoms with E-state index in [4.69, 9.17) is 4.74 Å². The highest BCUT2D eigenvalue weighted by molar-refractivity contribution is 7.87. The van der Waals surface area contributed by atoms with E-state index in [-0.39, 0.29) is 30.9 Å². The monoisotopic (exact) mass is 416 g/mol. The van der Waals surface area contributed by atoms with Crippen LogP contribution >= 0.6 is 12.4 Å². The van der Waals surface area contributed by atoms with E-state index >= 15 is 0 Å².